The largest absolute Gasteiger partial charge is 0.309 e. The zero-order valence-corrected chi connectivity index (χ0v) is 34.0. The lowest BCUT2D eigenvalue weighted by atomic mass is 9.78. The molecule has 0 bridgehead atoms. The minimum Gasteiger partial charge on any atom is -0.309 e. The normalized spacial score (nSPS) is 14.0. The van der Waals surface area contributed by atoms with Crippen molar-refractivity contribution >= 4 is 27.8 Å². The second-order valence-electron chi connectivity index (χ2n) is 17.3. The summed E-state index contributed by atoms with van der Waals surface area (Å²) in [6.45, 7) is 9.50. The summed E-state index contributed by atoms with van der Waals surface area (Å²) in [5.41, 5.74) is 21.3. The van der Waals surface area contributed by atoms with Gasteiger partial charge in [-0.3, -0.25) is 0 Å². The van der Waals surface area contributed by atoms with Gasteiger partial charge in [0.1, 0.15) is 0 Å². The van der Waals surface area contributed by atoms with Crippen LogP contribution in [0.25, 0.3) is 66.4 Å². The van der Waals surface area contributed by atoms with Crippen molar-refractivity contribution in [2.75, 3.05) is 4.90 Å². The van der Waals surface area contributed by atoms with E-state index in [0.29, 0.717) is 0 Å². The van der Waals surface area contributed by atoms with Gasteiger partial charge in [-0.25, -0.2) is 0 Å². The molecule has 0 aliphatic heterocycles. The summed E-state index contributed by atoms with van der Waals surface area (Å²) in [6, 6.07) is 74.3. The lowest BCUT2D eigenvalue weighted by molar-refractivity contribution is 0.660. The third-order valence-electron chi connectivity index (χ3n) is 13.3. The minimum atomic E-state index is -0.159. The SMILES string of the molecule is CC1(C)c2ccccc2-c2ccc(-c3ccccc3N(c3ccc(-c4cccc5ccccc45)cc3)c3ccccc3-c3cccc4c3C(C)(C)c3ccccc3-4)cc21. The fourth-order valence-corrected chi connectivity index (χ4v) is 10.4. The molecule has 0 radical (unpaired) electrons. The van der Waals surface area contributed by atoms with E-state index in [2.05, 4.69) is 233 Å². The summed E-state index contributed by atoms with van der Waals surface area (Å²) in [7, 11) is 0. The molecule has 2 aliphatic carbocycles. The standard InChI is InChI=1S/C58H45N/c1-57(2)51-27-11-7-21-45(51)47-36-33-40(37-53(47)57)44-20-9-13-29-54(44)59(41-34-31-39(32-35-41)43-24-15-18-38-17-5-6-19-42(38)43)55-30-14-10-23-48(55)50-26-16-25-49-46-22-8-12-28-52(46)58(3,4)56(49)50/h5-37H,1-4H3. The van der Waals surface area contributed by atoms with Crippen LogP contribution in [0.1, 0.15) is 49.9 Å². The van der Waals surface area contributed by atoms with Gasteiger partial charge in [-0.1, -0.05) is 198 Å². The van der Waals surface area contributed by atoms with Crippen LogP contribution >= 0.6 is 0 Å². The van der Waals surface area contributed by atoms with Gasteiger partial charge in [0.2, 0.25) is 0 Å². The highest BCUT2D eigenvalue weighted by Crippen LogP contribution is 2.55. The molecule has 0 unspecified atom stereocenters. The predicted molar refractivity (Wildman–Crippen MR) is 250 cm³/mol. The summed E-state index contributed by atoms with van der Waals surface area (Å²) >= 11 is 0. The van der Waals surface area contributed by atoms with Crippen molar-refractivity contribution in [3.05, 3.63) is 222 Å². The molecule has 0 N–H and O–H groups in total. The van der Waals surface area contributed by atoms with E-state index in [0.717, 1.165) is 17.1 Å². The van der Waals surface area contributed by atoms with Crippen molar-refractivity contribution in [2.24, 2.45) is 0 Å². The highest BCUT2D eigenvalue weighted by atomic mass is 15.1. The number of fused-ring (bicyclic) bond motifs is 7. The molecule has 282 valence electrons. The zero-order valence-electron chi connectivity index (χ0n) is 34.0. The highest BCUT2D eigenvalue weighted by Gasteiger charge is 2.38. The number of benzene rings is 9. The first kappa shape index (κ1) is 35.2. The lowest BCUT2D eigenvalue weighted by Crippen LogP contribution is -2.17. The van der Waals surface area contributed by atoms with Gasteiger partial charge in [0, 0.05) is 27.6 Å². The Bertz CT molecular complexity index is 3100. The quantitative estimate of drug-likeness (QED) is 0.163. The third kappa shape index (κ3) is 5.38. The minimum absolute atomic E-state index is 0.0985. The molecule has 0 amide bonds. The van der Waals surface area contributed by atoms with E-state index >= 15 is 0 Å². The van der Waals surface area contributed by atoms with Gasteiger partial charge in [0.05, 0.1) is 11.4 Å². The Balaban J connectivity index is 1.12. The maximum Gasteiger partial charge on any atom is 0.0540 e. The number of para-hydroxylation sites is 2. The molecular formula is C58H45N. The van der Waals surface area contributed by atoms with Crippen LogP contribution in [0.4, 0.5) is 17.1 Å². The molecule has 0 spiro atoms. The van der Waals surface area contributed by atoms with Gasteiger partial charge < -0.3 is 4.90 Å². The van der Waals surface area contributed by atoms with Crippen LogP contribution in [-0.2, 0) is 10.8 Å². The van der Waals surface area contributed by atoms with Crippen LogP contribution in [0.5, 0.6) is 0 Å². The fraction of sp³-hybridized carbons (Fsp3) is 0.103. The van der Waals surface area contributed by atoms with Gasteiger partial charge in [0.25, 0.3) is 0 Å². The summed E-state index contributed by atoms with van der Waals surface area (Å²) in [5.74, 6) is 0. The van der Waals surface area contributed by atoms with E-state index < -0.39 is 0 Å². The fourth-order valence-electron chi connectivity index (χ4n) is 10.4. The van der Waals surface area contributed by atoms with E-state index in [4.69, 9.17) is 0 Å². The van der Waals surface area contributed by atoms with Crippen molar-refractivity contribution in [3.8, 4) is 55.6 Å². The summed E-state index contributed by atoms with van der Waals surface area (Å²) in [5, 5.41) is 2.51. The molecule has 0 fully saturated rings. The Morgan fingerprint density at radius 3 is 1.54 bits per heavy atom. The van der Waals surface area contributed by atoms with Crippen LogP contribution in [-0.4, -0.2) is 0 Å². The van der Waals surface area contributed by atoms with E-state index in [1.54, 1.807) is 0 Å². The molecular weight excluding hydrogens is 711 g/mol. The van der Waals surface area contributed by atoms with E-state index in [1.165, 1.54) is 88.7 Å². The van der Waals surface area contributed by atoms with Crippen molar-refractivity contribution in [3.63, 3.8) is 0 Å². The predicted octanol–water partition coefficient (Wildman–Crippen LogP) is 15.9. The van der Waals surface area contributed by atoms with E-state index in [1.807, 2.05) is 0 Å². The monoisotopic (exact) mass is 755 g/mol. The van der Waals surface area contributed by atoms with Crippen LogP contribution in [0.2, 0.25) is 0 Å². The maximum atomic E-state index is 2.50. The average Bonchev–Trinajstić information content (AvgIpc) is 3.66. The smallest absolute Gasteiger partial charge is 0.0540 e. The van der Waals surface area contributed by atoms with Crippen molar-refractivity contribution in [2.45, 2.75) is 38.5 Å². The molecule has 0 saturated carbocycles. The Kier molecular flexibility index (Phi) is 7.94. The number of nitrogens with zero attached hydrogens (tertiary/aromatic N) is 1. The van der Waals surface area contributed by atoms with Crippen LogP contribution in [0.3, 0.4) is 0 Å². The molecule has 9 aromatic rings. The van der Waals surface area contributed by atoms with E-state index in [9.17, 15) is 0 Å². The molecule has 9 aromatic carbocycles. The summed E-state index contributed by atoms with van der Waals surface area (Å²) in [6.07, 6.45) is 0. The third-order valence-corrected chi connectivity index (χ3v) is 13.3. The van der Waals surface area contributed by atoms with Crippen LogP contribution < -0.4 is 4.90 Å². The molecule has 2 aliphatic rings. The molecule has 0 heterocycles. The maximum absolute atomic E-state index is 2.50. The molecule has 0 atom stereocenters. The first-order chi connectivity index (χ1) is 28.8. The van der Waals surface area contributed by atoms with Crippen molar-refractivity contribution < 1.29 is 0 Å². The van der Waals surface area contributed by atoms with Crippen molar-refractivity contribution in [1.29, 1.82) is 0 Å². The molecule has 1 heteroatoms. The molecule has 59 heavy (non-hydrogen) atoms. The number of hydrogen-bond acceptors (Lipinski definition) is 1. The summed E-state index contributed by atoms with van der Waals surface area (Å²) < 4.78 is 0. The van der Waals surface area contributed by atoms with Gasteiger partial charge in [-0.15, -0.1) is 0 Å². The Hall–Kier alpha value is -6.96. The number of anilines is 3. The lowest BCUT2D eigenvalue weighted by Gasteiger charge is -2.32. The first-order valence-electron chi connectivity index (χ1n) is 20.9. The topological polar surface area (TPSA) is 3.24 Å². The zero-order chi connectivity index (χ0) is 39.9. The Morgan fingerprint density at radius 2 is 0.797 bits per heavy atom. The number of rotatable bonds is 6. The second kappa shape index (κ2) is 13.3. The molecule has 0 saturated heterocycles. The van der Waals surface area contributed by atoms with Gasteiger partial charge in [0.15, 0.2) is 0 Å². The Morgan fingerprint density at radius 1 is 0.322 bits per heavy atom. The number of hydrogen-bond donors (Lipinski definition) is 0. The van der Waals surface area contributed by atoms with Crippen LogP contribution in [0, 0.1) is 0 Å². The Labute approximate surface area is 347 Å². The highest BCUT2D eigenvalue weighted by molar-refractivity contribution is 5.99. The van der Waals surface area contributed by atoms with Crippen LogP contribution in [0.15, 0.2) is 200 Å². The van der Waals surface area contributed by atoms with Gasteiger partial charge in [-0.2, -0.15) is 0 Å². The second-order valence-corrected chi connectivity index (χ2v) is 17.3. The van der Waals surface area contributed by atoms with Gasteiger partial charge >= 0.3 is 0 Å². The molecule has 1 nitrogen and oxygen atoms in total. The first-order valence-corrected chi connectivity index (χ1v) is 20.9. The summed E-state index contributed by atoms with van der Waals surface area (Å²) in [4.78, 5) is 2.50. The van der Waals surface area contributed by atoms with E-state index in [-0.39, 0.29) is 10.8 Å². The average molecular weight is 756 g/mol. The molecule has 11 rings (SSSR count). The molecule has 0 aromatic heterocycles. The van der Waals surface area contributed by atoms with Gasteiger partial charge in [-0.05, 0) is 108 Å². The van der Waals surface area contributed by atoms with Crippen molar-refractivity contribution in [1.82, 2.24) is 0 Å².